The molecule has 12 N–H and O–H groups in total. The highest BCUT2D eigenvalue weighted by molar-refractivity contribution is 5.76. The predicted molar refractivity (Wildman–Crippen MR) is 351 cm³/mol. The van der Waals surface area contributed by atoms with E-state index < -0.39 is 124 Å². The van der Waals surface area contributed by atoms with Crippen molar-refractivity contribution in [2.75, 3.05) is 26.4 Å². The molecule has 0 aromatic carbocycles. The molecule has 19 heteroatoms. The molecular formula is C71H125NO18. The molecular weight excluding hydrogens is 1150 g/mol. The van der Waals surface area contributed by atoms with Crippen LogP contribution in [-0.2, 0) is 33.2 Å². The fraction of sp³-hybridized carbons (Fsp3) is 0.817. The van der Waals surface area contributed by atoms with Crippen LogP contribution in [0.1, 0.15) is 239 Å². The second kappa shape index (κ2) is 52.5. The minimum Gasteiger partial charge on any atom is -0.394 e. The van der Waals surface area contributed by atoms with Crippen molar-refractivity contribution in [3.8, 4) is 0 Å². The van der Waals surface area contributed by atoms with E-state index in [-0.39, 0.29) is 18.9 Å². The van der Waals surface area contributed by atoms with Gasteiger partial charge in [-0.2, -0.15) is 0 Å². The summed E-state index contributed by atoms with van der Waals surface area (Å²) in [5.41, 5.74) is 0. The summed E-state index contributed by atoms with van der Waals surface area (Å²) in [6, 6.07) is -0.979. The SMILES string of the molecule is CC/C=C\C/C=C\C/C=C\C/C=C\C/C=C\CCCCCCCCCCCCCC(=O)NC(COC1OC(CO)C(OC2OC(CO)C(OC3OC(CO)C(O)C(O)C3O)C(O)C2O)C(O)C1O)C(O)/C=C/CCCCCCCCCCCCCCCCCC. The van der Waals surface area contributed by atoms with Crippen LogP contribution in [0.15, 0.2) is 72.9 Å². The van der Waals surface area contributed by atoms with Gasteiger partial charge in [-0.3, -0.25) is 4.79 Å². The number of hydrogen-bond donors (Lipinski definition) is 12. The third-order valence-corrected chi connectivity index (χ3v) is 17.3. The first-order valence-corrected chi connectivity index (χ1v) is 35.2. The number of rotatable bonds is 53. The van der Waals surface area contributed by atoms with Crippen molar-refractivity contribution in [1.29, 1.82) is 0 Å². The summed E-state index contributed by atoms with van der Waals surface area (Å²) in [4.78, 5) is 13.4. The Morgan fingerprint density at radius 1 is 0.411 bits per heavy atom. The first-order chi connectivity index (χ1) is 43.8. The number of aliphatic hydroxyl groups is 11. The maximum absolute atomic E-state index is 13.4. The average Bonchev–Trinajstić information content (AvgIpc) is 0.866. The minimum atomic E-state index is -1.98. The van der Waals surface area contributed by atoms with Gasteiger partial charge < -0.3 is 89.9 Å². The highest BCUT2D eigenvalue weighted by atomic mass is 16.8. The van der Waals surface area contributed by atoms with Crippen LogP contribution in [0.25, 0.3) is 0 Å². The van der Waals surface area contributed by atoms with Gasteiger partial charge >= 0.3 is 0 Å². The van der Waals surface area contributed by atoms with Crippen molar-refractivity contribution in [3.63, 3.8) is 0 Å². The number of aliphatic hydroxyl groups excluding tert-OH is 11. The first-order valence-electron chi connectivity index (χ1n) is 35.2. The number of ether oxygens (including phenoxy) is 6. The smallest absolute Gasteiger partial charge is 0.220 e. The Morgan fingerprint density at radius 3 is 1.20 bits per heavy atom. The Bertz CT molecular complexity index is 1920. The molecule has 3 rings (SSSR count). The lowest BCUT2D eigenvalue weighted by molar-refractivity contribution is -0.379. The van der Waals surface area contributed by atoms with Gasteiger partial charge in [0.05, 0.1) is 38.6 Å². The van der Waals surface area contributed by atoms with Gasteiger partial charge in [-0.25, -0.2) is 0 Å². The van der Waals surface area contributed by atoms with Gasteiger partial charge in [-0.1, -0.05) is 241 Å². The van der Waals surface area contributed by atoms with E-state index in [0.29, 0.717) is 6.42 Å². The molecule has 0 radical (unpaired) electrons. The van der Waals surface area contributed by atoms with Crippen molar-refractivity contribution in [2.45, 2.75) is 343 Å². The maximum atomic E-state index is 13.4. The lowest BCUT2D eigenvalue weighted by atomic mass is 9.96. The Kier molecular flexibility index (Phi) is 47.5. The highest BCUT2D eigenvalue weighted by Gasteiger charge is 2.53. The molecule has 90 heavy (non-hydrogen) atoms. The first kappa shape index (κ1) is 81.5. The van der Waals surface area contributed by atoms with Gasteiger partial charge in [-0.15, -0.1) is 0 Å². The van der Waals surface area contributed by atoms with Crippen LogP contribution >= 0.6 is 0 Å². The Labute approximate surface area is 540 Å². The number of unbranched alkanes of at least 4 members (excludes halogenated alkanes) is 27. The third-order valence-electron chi connectivity index (χ3n) is 17.3. The highest BCUT2D eigenvalue weighted by Crippen LogP contribution is 2.33. The largest absolute Gasteiger partial charge is 0.394 e. The molecule has 3 aliphatic rings. The maximum Gasteiger partial charge on any atom is 0.220 e. The standard InChI is InChI=1S/C71H125NO18/c1-3-5-7-9-11-13-15-17-19-21-23-24-25-26-27-28-29-30-31-33-35-37-39-41-43-45-47-49-59(77)72-54(55(76)48-46-44-42-40-38-36-34-32-22-20-18-16-14-12-10-8-6-4-2)53-85-69-65(83)62(80)67(57(51-74)87-69)90-71-66(84)63(81)68(58(52-75)88-71)89-70-64(82)61(79)60(78)56(50-73)86-70/h5,7,11,13,17,19,23-24,26-27,46,48,54-58,60-71,73-76,78-84H,3-4,6,8-10,12,14-16,18,20-22,25,28-45,47,49-53H2,1-2H3,(H,72,77)/b7-5-,13-11-,19-17-,24-23-,27-26-,48-46+. The quantitative estimate of drug-likeness (QED) is 0.0199. The molecule has 0 aromatic rings. The Hall–Kier alpha value is -2.77. The normalized spacial score (nSPS) is 28.5. The number of hydrogen-bond acceptors (Lipinski definition) is 18. The number of carbonyl (C=O) groups is 1. The van der Waals surface area contributed by atoms with Gasteiger partial charge in [0.25, 0.3) is 0 Å². The van der Waals surface area contributed by atoms with Crippen molar-refractivity contribution in [3.05, 3.63) is 72.9 Å². The van der Waals surface area contributed by atoms with E-state index in [2.05, 4.69) is 79.9 Å². The Morgan fingerprint density at radius 2 is 0.767 bits per heavy atom. The molecule has 3 aliphatic heterocycles. The Balaban J connectivity index is 1.43. The van der Waals surface area contributed by atoms with Gasteiger partial charge in [-0.05, 0) is 64.2 Å². The molecule has 0 saturated carbocycles. The van der Waals surface area contributed by atoms with Gasteiger partial charge in [0.2, 0.25) is 5.91 Å². The van der Waals surface area contributed by atoms with Crippen LogP contribution < -0.4 is 5.32 Å². The van der Waals surface area contributed by atoms with Gasteiger partial charge in [0, 0.05) is 6.42 Å². The predicted octanol–water partition coefficient (Wildman–Crippen LogP) is 9.33. The van der Waals surface area contributed by atoms with Crippen LogP contribution in [-0.4, -0.2) is 193 Å². The zero-order valence-corrected chi connectivity index (χ0v) is 55.1. The van der Waals surface area contributed by atoms with Gasteiger partial charge in [0.1, 0.15) is 73.2 Å². The van der Waals surface area contributed by atoms with Crippen molar-refractivity contribution >= 4 is 5.91 Å². The fourth-order valence-electron chi connectivity index (χ4n) is 11.6. The van der Waals surface area contributed by atoms with Crippen LogP contribution in [0.5, 0.6) is 0 Å². The third kappa shape index (κ3) is 34.1. The molecule has 19 nitrogen and oxygen atoms in total. The van der Waals surface area contributed by atoms with E-state index in [4.69, 9.17) is 28.4 Å². The summed E-state index contributed by atoms with van der Waals surface area (Å²) in [6.45, 7) is 1.62. The van der Waals surface area contributed by atoms with E-state index in [9.17, 15) is 61.0 Å². The average molecular weight is 1280 g/mol. The van der Waals surface area contributed by atoms with Crippen LogP contribution in [0, 0.1) is 0 Å². The molecule has 1 amide bonds. The molecule has 17 unspecified atom stereocenters. The van der Waals surface area contributed by atoms with E-state index in [1.807, 2.05) is 6.08 Å². The summed E-state index contributed by atoms with van der Waals surface area (Å²) < 4.78 is 34.4. The minimum absolute atomic E-state index is 0.236. The molecule has 0 aliphatic carbocycles. The monoisotopic (exact) mass is 1280 g/mol. The molecule has 0 spiro atoms. The summed E-state index contributed by atoms with van der Waals surface area (Å²) in [6.07, 6.45) is 38.6. The summed E-state index contributed by atoms with van der Waals surface area (Å²) >= 11 is 0. The van der Waals surface area contributed by atoms with E-state index in [1.54, 1.807) is 6.08 Å². The van der Waals surface area contributed by atoms with Crippen molar-refractivity contribution < 1.29 is 89.4 Å². The lowest BCUT2D eigenvalue weighted by Gasteiger charge is -2.48. The summed E-state index contributed by atoms with van der Waals surface area (Å²) in [5, 5.41) is 121. The second-order valence-electron chi connectivity index (χ2n) is 25.0. The van der Waals surface area contributed by atoms with E-state index >= 15 is 0 Å². The van der Waals surface area contributed by atoms with Crippen LogP contribution in [0.4, 0.5) is 0 Å². The molecule has 522 valence electrons. The number of carbonyl (C=O) groups excluding carboxylic acids is 1. The molecule has 3 heterocycles. The van der Waals surface area contributed by atoms with E-state index in [1.165, 1.54) is 122 Å². The lowest BCUT2D eigenvalue weighted by Crippen LogP contribution is -2.66. The zero-order chi connectivity index (χ0) is 65.4. The summed E-state index contributed by atoms with van der Waals surface area (Å²) in [5.74, 6) is -0.280. The fourth-order valence-corrected chi connectivity index (χ4v) is 11.6. The second-order valence-corrected chi connectivity index (χ2v) is 25.0. The van der Waals surface area contributed by atoms with Crippen molar-refractivity contribution in [1.82, 2.24) is 5.32 Å². The molecule has 3 saturated heterocycles. The van der Waals surface area contributed by atoms with Crippen LogP contribution in [0.3, 0.4) is 0 Å². The van der Waals surface area contributed by atoms with Crippen LogP contribution in [0.2, 0.25) is 0 Å². The molecule has 0 aromatic heterocycles. The number of nitrogens with one attached hydrogen (secondary N) is 1. The molecule has 3 fully saturated rings. The number of amides is 1. The van der Waals surface area contributed by atoms with Crippen molar-refractivity contribution in [2.24, 2.45) is 0 Å². The van der Waals surface area contributed by atoms with E-state index in [0.717, 1.165) is 89.9 Å². The molecule has 17 atom stereocenters. The van der Waals surface area contributed by atoms with Gasteiger partial charge in [0.15, 0.2) is 18.9 Å². The molecule has 0 bridgehead atoms. The topological polar surface area (TPSA) is 307 Å². The summed E-state index contributed by atoms with van der Waals surface area (Å²) in [7, 11) is 0. The number of allylic oxidation sites excluding steroid dienone is 11. The zero-order valence-electron chi connectivity index (χ0n) is 55.1.